The van der Waals surface area contributed by atoms with Crippen molar-refractivity contribution in [2.24, 2.45) is 5.92 Å². The number of carbonyl (C=O) groups is 1. The first-order valence-electron chi connectivity index (χ1n) is 6.98. The molecule has 0 N–H and O–H groups in total. The Morgan fingerprint density at radius 3 is 2.68 bits per heavy atom. The van der Waals surface area contributed by atoms with Crippen LogP contribution >= 0.6 is 0 Å². The zero-order valence-electron chi connectivity index (χ0n) is 11.6. The van der Waals surface area contributed by atoms with Gasteiger partial charge in [0.15, 0.2) is 17.0 Å². The van der Waals surface area contributed by atoms with Crippen LogP contribution in [0.15, 0.2) is 33.5 Å². The largest absolute Gasteiger partial charge is 0.453 e. The second kappa shape index (κ2) is 5.26. The van der Waals surface area contributed by atoms with Gasteiger partial charge in [-0.05, 0) is 30.5 Å². The van der Waals surface area contributed by atoms with E-state index in [1.807, 2.05) is 0 Å². The number of benzene rings is 1. The number of fused-ring (bicyclic) bond motifs is 1. The minimum atomic E-state index is -2.60. The van der Waals surface area contributed by atoms with Gasteiger partial charge in [-0.2, -0.15) is 0 Å². The topological polar surface area (TPSA) is 47.3 Å². The summed E-state index contributed by atoms with van der Waals surface area (Å²) in [7, 11) is 0. The predicted molar refractivity (Wildman–Crippen MR) is 73.7 cm³/mol. The highest BCUT2D eigenvalue weighted by Crippen LogP contribution is 2.44. The molecule has 3 rings (SSSR count). The molecule has 0 unspecified atom stereocenters. The third-order valence-corrected chi connectivity index (χ3v) is 3.92. The number of hydrogen-bond donors (Lipinski definition) is 0. The van der Waals surface area contributed by atoms with Crippen molar-refractivity contribution in [3.05, 3.63) is 46.1 Å². The second-order valence-corrected chi connectivity index (χ2v) is 5.71. The molecule has 0 radical (unpaired) electrons. The smallest absolute Gasteiger partial charge is 0.248 e. The Bertz CT molecular complexity index is 787. The van der Waals surface area contributed by atoms with Crippen molar-refractivity contribution in [1.29, 1.82) is 0 Å². The fourth-order valence-corrected chi connectivity index (χ4v) is 2.71. The van der Waals surface area contributed by atoms with Crippen LogP contribution in [0.5, 0.6) is 0 Å². The average Bonchev–Trinajstić information content (AvgIpc) is 2.43. The van der Waals surface area contributed by atoms with Crippen molar-refractivity contribution in [2.75, 3.05) is 0 Å². The van der Waals surface area contributed by atoms with Crippen molar-refractivity contribution < 1.29 is 22.4 Å². The highest BCUT2D eigenvalue weighted by Gasteiger charge is 2.44. The first-order chi connectivity index (χ1) is 10.3. The monoisotopic (exact) mass is 310 g/mol. The van der Waals surface area contributed by atoms with E-state index >= 15 is 0 Å². The number of alkyl halides is 2. The van der Waals surface area contributed by atoms with Crippen LogP contribution in [0.1, 0.15) is 36.2 Å². The van der Waals surface area contributed by atoms with E-state index < -0.39 is 23.0 Å². The molecule has 116 valence electrons. The van der Waals surface area contributed by atoms with Gasteiger partial charge in [0, 0.05) is 25.3 Å². The molecule has 1 aliphatic rings. The van der Waals surface area contributed by atoms with Gasteiger partial charge in [-0.25, -0.2) is 13.2 Å². The van der Waals surface area contributed by atoms with E-state index in [0.29, 0.717) is 6.42 Å². The molecule has 0 spiro atoms. The summed E-state index contributed by atoms with van der Waals surface area (Å²) in [6.45, 7) is 0. The van der Waals surface area contributed by atoms with Gasteiger partial charge < -0.3 is 4.42 Å². The van der Waals surface area contributed by atoms with E-state index in [1.165, 1.54) is 6.07 Å². The summed E-state index contributed by atoms with van der Waals surface area (Å²) in [5.41, 5.74) is -0.369. The van der Waals surface area contributed by atoms with E-state index in [2.05, 4.69) is 0 Å². The number of halogens is 3. The lowest BCUT2D eigenvalue weighted by atomic mass is 9.78. The van der Waals surface area contributed by atoms with Gasteiger partial charge in [-0.15, -0.1) is 0 Å². The Labute approximate surface area is 123 Å². The molecule has 1 aromatic carbocycles. The van der Waals surface area contributed by atoms with Crippen molar-refractivity contribution in [3.63, 3.8) is 0 Å². The lowest BCUT2D eigenvalue weighted by Gasteiger charge is -2.34. The molecular weight excluding hydrogens is 297 g/mol. The molecule has 1 aliphatic carbocycles. The van der Waals surface area contributed by atoms with Crippen LogP contribution in [-0.4, -0.2) is 11.7 Å². The summed E-state index contributed by atoms with van der Waals surface area (Å²) >= 11 is 0. The van der Waals surface area contributed by atoms with Gasteiger partial charge in [-0.3, -0.25) is 9.59 Å². The quantitative estimate of drug-likeness (QED) is 0.804. The fraction of sp³-hybridized carbons (Fsp3) is 0.375. The Balaban J connectivity index is 1.74. The first kappa shape index (κ1) is 14.8. The standard InChI is InChI=1S/C16H13F3O3/c17-10-2-4-14-11(5-10)13(21)6-15(22-14)12(20)3-1-9-7-16(18,19)8-9/h2,4-6,9H,1,3,7-8H2. The summed E-state index contributed by atoms with van der Waals surface area (Å²) in [5.74, 6) is -3.86. The normalized spacial score (nSPS) is 17.4. The van der Waals surface area contributed by atoms with Gasteiger partial charge in [0.05, 0.1) is 5.39 Å². The highest BCUT2D eigenvalue weighted by atomic mass is 19.3. The third-order valence-electron chi connectivity index (χ3n) is 3.92. The Morgan fingerprint density at radius 1 is 1.27 bits per heavy atom. The van der Waals surface area contributed by atoms with Gasteiger partial charge in [0.2, 0.25) is 5.92 Å². The van der Waals surface area contributed by atoms with Crippen LogP contribution in [0.2, 0.25) is 0 Å². The molecule has 0 bridgehead atoms. The summed E-state index contributed by atoms with van der Waals surface area (Å²) in [5, 5.41) is 0.0650. The minimum Gasteiger partial charge on any atom is -0.453 e. The molecule has 1 aromatic heterocycles. The summed E-state index contributed by atoms with van der Waals surface area (Å²) in [4.78, 5) is 23.9. The zero-order valence-corrected chi connectivity index (χ0v) is 11.6. The summed E-state index contributed by atoms with van der Waals surface area (Å²) < 4.78 is 43.8. The molecule has 22 heavy (non-hydrogen) atoms. The summed E-state index contributed by atoms with van der Waals surface area (Å²) in [6, 6.07) is 4.50. The minimum absolute atomic E-state index is 0.0520. The maximum absolute atomic E-state index is 13.1. The molecule has 0 saturated heterocycles. The Hall–Kier alpha value is -2.11. The molecule has 0 amide bonds. The van der Waals surface area contributed by atoms with Crippen molar-refractivity contribution >= 4 is 16.8 Å². The second-order valence-electron chi connectivity index (χ2n) is 5.71. The van der Waals surface area contributed by atoms with E-state index in [4.69, 9.17) is 4.42 Å². The lowest BCUT2D eigenvalue weighted by Crippen LogP contribution is -2.35. The predicted octanol–water partition coefficient (Wildman–Crippen LogP) is 3.94. The zero-order chi connectivity index (χ0) is 15.9. The van der Waals surface area contributed by atoms with Gasteiger partial charge >= 0.3 is 0 Å². The summed E-state index contributed by atoms with van der Waals surface area (Å²) in [6.07, 6.45) is 0.0123. The van der Waals surface area contributed by atoms with Gasteiger partial charge in [0.25, 0.3) is 0 Å². The third kappa shape index (κ3) is 2.91. The fourth-order valence-electron chi connectivity index (χ4n) is 2.71. The average molecular weight is 310 g/mol. The number of ketones is 1. The molecule has 0 atom stereocenters. The van der Waals surface area contributed by atoms with Crippen LogP contribution < -0.4 is 5.43 Å². The maximum Gasteiger partial charge on any atom is 0.248 e. The van der Waals surface area contributed by atoms with E-state index in [9.17, 15) is 22.8 Å². The highest BCUT2D eigenvalue weighted by molar-refractivity contribution is 5.94. The lowest BCUT2D eigenvalue weighted by molar-refractivity contribution is -0.111. The molecular formula is C16H13F3O3. The van der Waals surface area contributed by atoms with Crippen molar-refractivity contribution in [2.45, 2.75) is 31.6 Å². The van der Waals surface area contributed by atoms with Crippen molar-refractivity contribution in [1.82, 2.24) is 0 Å². The molecule has 2 aromatic rings. The Morgan fingerprint density at radius 2 is 2.00 bits per heavy atom. The van der Waals surface area contributed by atoms with Crippen LogP contribution in [0, 0.1) is 11.7 Å². The van der Waals surface area contributed by atoms with Crippen molar-refractivity contribution in [3.8, 4) is 0 Å². The van der Waals surface area contributed by atoms with E-state index in [0.717, 1.165) is 18.2 Å². The van der Waals surface area contributed by atoms with Crippen LogP contribution in [0.25, 0.3) is 11.0 Å². The molecule has 1 saturated carbocycles. The van der Waals surface area contributed by atoms with Crippen LogP contribution in [0.3, 0.4) is 0 Å². The number of rotatable bonds is 4. The van der Waals surface area contributed by atoms with Gasteiger partial charge in [-0.1, -0.05) is 0 Å². The molecule has 0 aliphatic heterocycles. The molecule has 3 nitrogen and oxygen atoms in total. The Kier molecular flexibility index (Phi) is 3.54. The number of carbonyl (C=O) groups excluding carboxylic acids is 1. The molecule has 1 heterocycles. The number of Topliss-reactive ketones (excluding diaryl/α,β-unsaturated/α-hetero) is 1. The molecule has 1 fully saturated rings. The molecule has 6 heteroatoms. The van der Waals surface area contributed by atoms with Crippen LogP contribution in [-0.2, 0) is 0 Å². The maximum atomic E-state index is 13.1. The van der Waals surface area contributed by atoms with E-state index in [1.54, 1.807) is 0 Å². The first-order valence-corrected chi connectivity index (χ1v) is 6.98. The van der Waals surface area contributed by atoms with Gasteiger partial charge in [0.1, 0.15) is 11.4 Å². The SMILES string of the molecule is O=C(CCC1CC(F)(F)C1)c1cc(=O)c2cc(F)ccc2o1. The van der Waals surface area contributed by atoms with Crippen LogP contribution in [0.4, 0.5) is 13.2 Å². The van der Waals surface area contributed by atoms with E-state index in [-0.39, 0.29) is 41.9 Å². The number of hydrogen-bond acceptors (Lipinski definition) is 3.